The van der Waals surface area contributed by atoms with Crippen molar-refractivity contribution in [3.63, 3.8) is 0 Å². The van der Waals surface area contributed by atoms with Crippen molar-refractivity contribution in [2.24, 2.45) is 5.92 Å². The van der Waals surface area contributed by atoms with Gasteiger partial charge in [0.1, 0.15) is 13.6 Å². The third-order valence-corrected chi connectivity index (χ3v) is 3.14. The number of hydrogen-bond donors (Lipinski definition) is 2. The van der Waals surface area contributed by atoms with E-state index >= 15 is 0 Å². The highest BCUT2D eigenvalue weighted by atomic mass is 16.7. The molecule has 26 heavy (non-hydrogen) atoms. The Bertz CT molecular complexity index is 364. The van der Waals surface area contributed by atoms with E-state index in [0.29, 0.717) is 38.9 Å². The van der Waals surface area contributed by atoms with Crippen molar-refractivity contribution in [2.75, 3.05) is 46.6 Å². The standard InChI is InChI=1S/C18H36N2O6/c1-15(2)7-9-24-13-26-14-25-12-11-23-10-8-19-17(21)5-6-18(22)20-16(3)4/h15-16H,5-14H2,1-4H3,(H,19,21)(H,20,22). The van der Waals surface area contributed by atoms with E-state index in [1.54, 1.807) is 0 Å². The molecule has 0 unspecified atom stereocenters. The number of amides is 2. The van der Waals surface area contributed by atoms with Crippen LogP contribution < -0.4 is 10.6 Å². The molecule has 2 amide bonds. The molecular weight excluding hydrogens is 340 g/mol. The molecule has 0 atom stereocenters. The summed E-state index contributed by atoms with van der Waals surface area (Å²) in [5.41, 5.74) is 0. The number of carbonyl (C=O) groups is 2. The highest BCUT2D eigenvalue weighted by molar-refractivity contribution is 5.83. The van der Waals surface area contributed by atoms with Crippen molar-refractivity contribution < 1.29 is 28.5 Å². The molecule has 0 aromatic rings. The molecule has 0 aliphatic heterocycles. The number of rotatable bonds is 17. The lowest BCUT2D eigenvalue weighted by atomic mass is 10.1. The van der Waals surface area contributed by atoms with Crippen LogP contribution in [0.3, 0.4) is 0 Å². The third-order valence-electron chi connectivity index (χ3n) is 3.14. The van der Waals surface area contributed by atoms with E-state index in [2.05, 4.69) is 24.5 Å². The largest absolute Gasteiger partial charge is 0.377 e. The Kier molecular flexibility index (Phi) is 16.4. The maximum absolute atomic E-state index is 11.6. The van der Waals surface area contributed by atoms with Crippen LogP contribution in [0, 0.1) is 5.92 Å². The molecule has 8 heteroatoms. The fourth-order valence-corrected chi connectivity index (χ4v) is 1.78. The van der Waals surface area contributed by atoms with E-state index in [-0.39, 0.29) is 44.3 Å². The first-order valence-corrected chi connectivity index (χ1v) is 9.28. The first-order chi connectivity index (χ1) is 12.4. The maximum Gasteiger partial charge on any atom is 0.220 e. The van der Waals surface area contributed by atoms with Gasteiger partial charge in [0.15, 0.2) is 0 Å². The Labute approximate surface area is 157 Å². The van der Waals surface area contributed by atoms with Crippen molar-refractivity contribution in [3.8, 4) is 0 Å². The molecule has 154 valence electrons. The van der Waals surface area contributed by atoms with Crippen LogP contribution in [-0.2, 0) is 28.5 Å². The van der Waals surface area contributed by atoms with Crippen molar-refractivity contribution in [3.05, 3.63) is 0 Å². The molecule has 0 bridgehead atoms. The van der Waals surface area contributed by atoms with E-state index in [0.717, 1.165) is 6.42 Å². The summed E-state index contributed by atoms with van der Waals surface area (Å²) in [4.78, 5) is 23.0. The second kappa shape index (κ2) is 17.2. The predicted molar refractivity (Wildman–Crippen MR) is 98.5 cm³/mol. The monoisotopic (exact) mass is 376 g/mol. The van der Waals surface area contributed by atoms with Gasteiger partial charge in [-0.3, -0.25) is 9.59 Å². The van der Waals surface area contributed by atoms with Gasteiger partial charge in [0, 0.05) is 32.0 Å². The van der Waals surface area contributed by atoms with Gasteiger partial charge in [-0.05, 0) is 26.2 Å². The zero-order valence-corrected chi connectivity index (χ0v) is 16.7. The van der Waals surface area contributed by atoms with Gasteiger partial charge in [-0.2, -0.15) is 0 Å². The average Bonchev–Trinajstić information content (AvgIpc) is 2.56. The number of carbonyl (C=O) groups excluding carboxylic acids is 2. The smallest absolute Gasteiger partial charge is 0.220 e. The van der Waals surface area contributed by atoms with Crippen LogP contribution in [0.1, 0.15) is 47.0 Å². The summed E-state index contributed by atoms with van der Waals surface area (Å²) in [5.74, 6) is 0.350. The normalized spacial score (nSPS) is 11.2. The first-order valence-electron chi connectivity index (χ1n) is 9.28. The molecule has 0 radical (unpaired) electrons. The maximum atomic E-state index is 11.6. The Balaban J connectivity index is 3.25. The molecule has 0 aliphatic carbocycles. The molecule has 0 heterocycles. The Morgan fingerprint density at radius 1 is 0.769 bits per heavy atom. The fraction of sp³-hybridized carbons (Fsp3) is 0.889. The van der Waals surface area contributed by atoms with Crippen LogP contribution in [0.5, 0.6) is 0 Å². The van der Waals surface area contributed by atoms with Gasteiger partial charge in [-0.25, -0.2) is 0 Å². The van der Waals surface area contributed by atoms with E-state index < -0.39 is 0 Å². The van der Waals surface area contributed by atoms with E-state index in [1.165, 1.54) is 0 Å². The third kappa shape index (κ3) is 19.1. The van der Waals surface area contributed by atoms with Crippen LogP contribution in [0.2, 0.25) is 0 Å². The molecule has 0 saturated carbocycles. The predicted octanol–water partition coefficient (Wildman–Crippen LogP) is 1.43. The summed E-state index contributed by atoms with van der Waals surface area (Å²) < 4.78 is 21.0. The minimum absolute atomic E-state index is 0.0870. The molecule has 0 fully saturated rings. The van der Waals surface area contributed by atoms with Gasteiger partial charge >= 0.3 is 0 Å². The van der Waals surface area contributed by atoms with Gasteiger partial charge < -0.3 is 29.6 Å². The molecule has 0 spiro atoms. The fourth-order valence-electron chi connectivity index (χ4n) is 1.78. The molecule has 2 N–H and O–H groups in total. The van der Waals surface area contributed by atoms with Crippen molar-refractivity contribution in [1.29, 1.82) is 0 Å². The molecular formula is C18H36N2O6. The van der Waals surface area contributed by atoms with Crippen LogP contribution in [-0.4, -0.2) is 64.4 Å². The molecule has 0 aromatic heterocycles. The lowest BCUT2D eigenvalue weighted by Crippen LogP contribution is -2.32. The summed E-state index contributed by atoms with van der Waals surface area (Å²) in [6, 6.07) is 0.0870. The minimum Gasteiger partial charge on any atom is -0.377 e. The number of ether oxygens (including phenoxy) is 4. The molecule has 0 rings (SSSR count). The SMILES string of the molecule is CC(C)CCOCOCOCCOCCNC(=O)CCC(=O)NC(C)C. The van der Waals surface area contributed by atoms with Crippen LogP contribution in [0.4, 0.5) is 0 Å². The lowest BCUT2D eigenvalue weighted by Gasteiger charge is -2.09. The van der Waals surface area contributed by atoms with Crippen molar-refractivity contribution in [2.45, 2.75) is 53.0 Å². The van der Waals surface area contributed by atoms with Gasteiger partial charge in [-0.15, -0.1) is 0 Å². The molecule has 0 aliphatic rings. The molecule has 0 saturated heterocycles. The summed E-state index contributed by atoms with van der Waals surface area (Å²) in [6.07, 6.45) is 1.39. The summed E-state index contributed by atoms with van der Waals surface area (Å²) >= 11 is 0. The topological polar surface area (TPSA) is 95.1 Å². The quantitative estimate of drug-likeness (QED) is 0.295. The number of hydrogen-bond acceptors (Lipinski definition) is 6. The van der Waals surface area contributed by atoms with Crippen LogP contribution >= 0.6 is 0 Å². The second-order valence-corrected chi connectivity index (χ2v) is 6.62. The zero-order valence-electron chi connectivity index (χ0n) is 16.7. The molecule has 8 nitrogen and oxygen atoms in total. The Morgan fingerprint density at radius 2 is 1.38 bits per heavy atom. The van der Waals surface area contributed by atoms with Crippen LogP contribution in [0.15, 0.2) is 0 Å². The first kappa shape index (κ1) is 24.8. The highest BCUT2D eigenvalue weighted by Gasteiger charge is 2.07. The summed E-state index contributed by atoms with van der Waals surface area (Å²) in [5, 5.41) is 5.45. The second-order valence-electron chi connectivity index (χ2n) is 6.62. The Morgan fingerprint density at radius 3 is 2.04 bits per heavy atom. The van der Waals surface area contributed by atoms with Gasteiger partial charge in [-0.1, -0.05) is 13.8 Å². The minimum atomic E-state index is -0.158. The van der Waals surface area contributed by atoms with Gasteiger partial charge in [0.2, 0.25) is 11.8 Å². The van der Waals surface area contributed by atoms with Crippen molar-refractivity contribution in [1.82, 2.24) is 10.6 Å². The lowest BCUT2D eigenvalue weighted by molar-refractivity contribution is -0.137. The summed E-state index contributed by atoms with van der Waals surface area (Å²) in [7, 11) is 0. The van der Waals surface area contributed by atoms with E-state index in [4.69, 9.17) is 18.9 Å². The van der Waals surface area contributed by atoms with Crippen molar-refractivity contribution >= 4 is 11.8 Å². The highest BCUT2D eigenvalue weighted by Crippen LogP contribution is 1.98. The van der Waals surface area contributed by atoms with Crippen LogP contribution in [0.25, 0.3) is 0 Å². The average molecular weight is 376 g/mol. The molecule has 0 aromatic carbocycles. The van der Waals surface area contributed by atoms with E-state index in [9.17, 15) is 9.59 Å². The number of nitrogens with one attached hydrogen (secondary N) is 2. The van der Waals surface area contributed by atoms with Gasteiger partial charge in [0.25, 0.3) is 0 Å². The van der Waals surface area contributed by atoms with E-state index in [1.807, 2.05) is 13.8 Å². The Hall–Kier alpha value is -1.22. The summed E-state index contributed by atoms with van der Waals surface area (Å²) in [6.45, 7) is 10.8. The van der Waals surface area contributed by atoms with Gasteiger partial charge in [0.05, 0.1) is 19.8 Å². The zero-order chi connectivity index (χ0) is 19.6.